The number of unbranched alkanes of at least 4 members (excludes halogenated alkanes) is 1. The zero-order valence-electron chi connectivity index (χ0n) is 16.4. The second-order valence-corrected chi connectivity index (χ2v) is 7.42. The molecule has 0 unspecified atom stereocenters. The van der Waals surface area contributed by atoms with Crippen molar-refractivity contribution >= 4 is 35.0 Å². The Hall–Kier alpha value is -2.86. The number of amides is 3. The van der Waals surface area contributed by atoms with E-state index in [1.165, 1.54) is 9.80 Å². The number of carbonyl (C=O) groups is 3. The van der Waals surface area contributed by atoms with Crippen molar-refractivity contribution in [3.8, 4) is 0 Å². The van der Waals surface area contributed by atoms with Crippen LogP contribution in [0.15, 0.2) is 54.6 Å². The van der Waals surface area contributed by atoms with Crippen LogP contribution in [-0.4, -0.2) is 53.8 Å². The second kappa shape index (κ2) is 9.56. The highest BCUT2D eigenvalue weighted by atomic mass is 35.5. The highest BCUT2D eigenvalue weighted by Gasteiger charge is 2.33. The zero-order chi connectivity index (χ0) is 20.8. The van der Waals surface area contributed by atoms with Gasteiger partial charge in [-0.2, -0.15) is 0 Å². The Labute approximate surface area is 175 Å². The van der Waals surface area contributed by atoms with Gasteiger partial charge in [0.1, 0.15) is 19.8 Å². The monoisotopic (exact) mass is 413 g/mol. The Kier molecular flexibility index (Phi) is 6.88. The van der Waals surface area contributed by atoms with Crippen molar-refractivity contribution in [3.05, 3.63) is 65.2 Å². The average Bonchev–Trinajstić information content (AvgIpc) is 3.13. The third-order valence-corrected chi connectivity index (χ3v) is 5.06. The molecule has 0 saturated carbocycles. The van der Waals surface area contributed by atoms with Gasteiger partial charge in [-0.1, -0.05) is 49.2 Å². The molecule has 2 aromatic carbocycles. The van der Waals surface area contributed by atoms with Gasteiger partial charge in [0.15, 0.2) is 0 Å². The lowest BCUT2D eigenvalue weighted by Crippen LogP contribution is -2.43. The van der Waals surface area contributed by atoms with E-state index in [0.29, 0.717) is 22.8 Å². The Morgan fingerprint density at radius 1 is 1.10 bits per heavy atom. The van der Waals surface area contributed by atoms with Gasteiger partial charge in [-0.05, 0) is 36.8 Å². The van der Waals surface area contributed by atoms with E-state index in [0.717, 1.165) is 12.8 Å². The number of hydrogen-bond donors (Lipinski definition) is 0. The van der Waals surface area contributed by atoms with Crippen LogP contribution in [0.4, 0.5) is 5.69 Å². The summed E-state index contributed by atoms with van der Waals surface area (Å²) in [7, 11) is 0. The first kappa shape index (κ1) is 20.9. The Balaban J connectivity index is 1.69. The van der Waals surface area contributed by atoms with Gasteiger partial charge < -0.3 is 9.80 Å². The molecular formula is C22H24ClN3O3. The predicted molar refractivity (Wildman–Crippen MR) is 113 cm³/mol. The number of benzene rings is 2. The standard InChI is InChI=1S/C22H24ClN3O3/c1-2-3-12-24(22(29)17-8-5-4-6-9-17)14-20(27)25-15-21(28)26(16-25)19-11-7-10-18(23)13-19/h4-11,13H,2-3,12,14-16H2,1H3. The van der Waals surface area contributed by atoms with E-state index >= 15 is 0 Å². The van der Waals surface area contributed by atoms with Gasteiger partial charge in [-0.25, -0.2) is 0 Å². The van der Waals surface area contributed by atoms with E-state index in [9.17, 15) is 14.4 Å². The average molecular weight is 414 g/mol. The van der Waals surface area contributed by atoms with Crippen LogP contribution in [0.1, 0.15) is 30.1 Å². The summed E-state index contributed by atoms with van der Waals surface area (Å²) in [6, 6.07) is 15.9. The molecule has 0 bridgehead atoms. The molecule has 2 aromatic rings. The molecule has 1 fully saturated rings. The molecule has 0 spiro atoms. The molecular weight excluding hydrogens is 390 g/mol. The van der Waals surface area contributed by atoms with Crippen molar-refractivity contribution in [1.29, 1.82) is 0 Å². The van der Waals surface area contributed by atoms with Crippen LogP contribution in [0.5, 0.6) is 0 Å². The van der Waals surface area contributed by atoms with Crippen LogP contribution in [0.3, 0.4) is 0 Å². The number of anilines is 1. The minimum absolute atomic E-state index is 0.00745. The maximum atomic E-state index is 12.9. The van der Waals surface area contributed by atoms with Gasteiger partial charge in [0, 0.05) is 22.8 Å². The molecule has 1 saturated heterocycles. The van der Waals surface area contributed by atoms with Crippen LogP contribution in [0.2, 0.25) is 5.02 Å². The molecule has 1 heterocycles. The summed E-state index contributed by atoms with van der Waals surface area (Å²) in [6.45, 7) is 2.63. The lowest BCUT2D eigenvalue weighted by molar-refractivity contribution is -0.132. The summed E-state index contributed by atoms with van der Waals surface area (Å²) < 4.78 is 0. The summed E-state index contributed by atoms with van der Waals surface area (Å²) in [5, 5.41) is 0.527. The van der Waals surface area contributed by atoms with Crippen LogP contribution >= 0.6 is 11.6 Å². The van der Waals surface area contributed by atoms with Gasteiger partial charge in [-0.3, -0.25) is 19.3 Å². The molecule has 0 N–H and O–H groups in total. The first-order valence-electron chi connectivity index (χ1n) is 9.67. The molecule has 1 aliphatic heterocycles. The van der Waals surface area contributed by atoms with E-state index in [-0.39, 0.29) is 37.5 Å². The molecule has 3 rings (SSSR count). The van der Waals surface area contributed by atoms with Crippen LogP contribution in [0, 0.1) is 0 Å². The Morgan fingerprint density at radius 2 is 1.86 bits per heavy atom. The topological polar surface area (TPSA) is 60.9 Å². The van der Waals surface area contributed by atoms with Crippen molar-refractivity contribution in [3.63, 3.8) is 0 Å². The SMILES string of the molecule is CCCCN(CC(=O)N1CC(=O)N(c2cccc(Cl)c2)C1)C(=O)c1ccccc1. The predicted octanol–water partition coefficient (Wildman–Crippen LogP) is 3.42. The minimum atomic E-state index is -0.247. The van der Waals surface area contributed by atoms with Crippen molar-refractivity contribution in [2.24, 2.45) is 0 Å². The number of rotatable bonds is 7. The molecule has 0 atom stereocenters. The first-order valence-corrected chi connectivity index (χ1v) is 10.1. The van der Waals surface area contributed by atoms with Crippen molar-refractivity contribution in [1.82, 2.24) is 9.80 Å². The van der Waals surface area contributed by atoms with Crippen LogP contribution in [-0.2, 0) is 9.59 Å². The molecule has 3 amide bonds. The summed E-state index contributed by atoms with van der Waals surface area (Å²) in [6.07, 6.45) is 1.72. The van der Waals surface area contributed by atoms with E-state index in [4.69, 9.17) is 11.6 Å². The second-order valence-electron chi connectivity index (χ2n) is 6.98. The van der Waals surface area contributed by atoms with Crippen molar-refractivity contribution in [2.45, 2.75) is 19.8 Å². The third kappa shape index (κ3) is 5.15. The van der Waals surface area contributed by atoms with Gasteiger partial charge >= 0.3 is 0 Å². The maximum Gasteiger partial charge on any atom is 0.254 e. The van der Waals surface area contributed by atoms with Crippen molar-refractivity contribution in [2.75, 3.05) is 31.2 Å². The fraction of sp³-hybridized carbons (Fsp3) is 0.318. The van der Waals surface area contributed by atoms with Gasteiger partial charge in [0.25, 0.3) is 5.91 Å². The highest BCUT2D eigenvalue weighted by molar-refractivity contribution is 6.31. The first-order chi connectivity index (χ1) is 14.0. The Bertz CT molecular complexity index is 888. The number of carbonyl (C=O) groups excluding carboxylic acids is 3. The van der Waals surface area contributed by atoms with E-state index < -0.39 is 0 Å². The number of hydrogen-bond acceptors (Lipinski definition) is 3. The summed E-state index contributed by atoms with van der Waals surface area (Å²) in [4.78, 5) is 42.7. The van der Waals surface area contributed by atoms with Gasteiger partial charge in [0.05, 0.1) is 0 Å². The smallest absolute Gasteiger partial charge is 0.254 e. The molecule has 29 heavy (non-hydrogen) atoms. The van der Waals surface area contributed by atoms with E-state index in [2.05, 4.69) is 0 Å². The third-order valence-electron chi connectivity index (χ3n) is 4.83. The highest BCUT2D eigenvalue weighted by Crippen LogP contribution is 2.23. The summed E-state index contributed by atoms with van der Waals surface area (Å²) >= 11 is 6.02. The van der Waals surface area contributed by atoms with Gasteiger partial charge in [0.2, 0.25) is 11.8 Å². The normalized spacial score (nSPS) is 13.7. The molecule has 0 radical (unpaired) electrons. The molecule has 0 aromatic heterocycles. The lowest BCUT2D eigenvalue weighted by atomic mass is 10.2. The Morgan fingerprint density at radius 3 is 2.55 bits per heavy atom. The minimum Gasteiger partial charge on any atom is -0.329 e. The van der Waals surface area contributed by atoms with Crippen LogP contribution in [0.25, 0.3) is 0 Å². The lowest BCUT2D eigenvalue weighted by Gasteiger charge is -2.25. The fourth-order valence-electron chi connectivity index (χ4n) is 3.21. The number of halogens is 1. The summed E-state index contributed by atoms with van der Waals surface area (Å²) in [5.74, 6) is -0.594. The molecule has 7 heteroatoms. The summed E-state index contributed by atoms with van der Waals surface area (Å²) in [5.41, 5.74) is 1.20. The fourth-order valence-corrected chi connectivity index (χ4v) is 3.40. The zero-order valence-corrected chi connectivity index (χ0v) is 17.1. The quantitative estimate of drug-likeness (QED) is 0.698. The number of nitrogens with zero attached hydrogens (tertiary/aromatic N) is 3. The molecule has 1 aliphatic rings. The molecule has 0 aliphatic carbocycles. The van der Waals surface area contributed by atoms with E-state index in [1.807, 2.05) is 13.0 Å². The largest absolute Gasteiger partial charge is 0.329 e. The van der Waals surface area contributed by atoms with Crippen molar-refractivity contribution < 1.29 is 14.4 Å². The van der Waals surface area contributed by atoms with E-state index in [1.54, 1.807) is 53.4 Å². The molecule has 152 valence electrons. The maximum absolute atomic E-state index is 12.9. The van der Waals surface area contributed by atoms with Crippen LogP contribution < -0.4 is 4.90 Å². The molecule has 6 nitrogen and oxygen atoms in total. The van der Waals surface area contributed by atoms with Gasteiger partial charge in [-0.15, -0.1) is 0 Å².